The maximum Gasteiger partial charge on any atom is 0.355 e. The van der Waals surface area contributed by atoms with Gasteiger partial charge in [0.1, 0.15) is 11.5 Å². The van der Waals surface area contributed by atoms with Crippen LogP contribution in [0, 0.1) is 9.39 Å². The fourth-order valence-electron chi connectivity index (χ4n) is 2.00. The Balaban J connectivity index is 2.65. The van der Waals surface area contributed by atoms with Gasteiger partial charge in [-0.3, -0.25) is 0 Å². The normalized spacial score (nSPS) is 13.8. The van der Waals surface area contributed by atoms with Crippen LogP contribution in [-0.2, 0) is 19.1 Å². The minimum atomic E-state index is -0.707. The van der Waals surface area contributed by atoms with Gasteiger partial charge in [-0.15, -0.1) is 0 Å². The molecule has 0 aliphatic carbocycles. The van der Waals surface area contributed by atoms with E-state index in [1.807, 2.05) is 22.6 Å². The molecule has 0 saturated heterocycles. The molecule has 0 N–H and O–H groups in total. The third-order valence-electron chi connectivity index (χ3n) is 3.07. The molecule has 23 heavy (non-hydrogen) atoms. The lowest BCUT2D eigenvalue weighted by atomic mass is 10.1. The summed E-state index contributed by atoms with van der Waals surface area (Å²) in [5.74, 6) is -1.75. The second kappa shape index (κ2) is 7.40. The molecule has 1 aromatic carbocycles. The van der Waals surface area contributed by atoms with Gasteiger partial charge in [0, 0.05) is 11.9 Å². The first-order valence-electron chi connectivity index (χ1n) is 6.49. The number of anilines is 1. The van der Waals surface area contributed by atoms with Gasteiger partial charge >= 0.3 is 11.9 Å². The summed E-state index contributed by atoms with van der Waals surface area (Å²) in [7, 11) is 2.44. The van der Waals surface area contributed by atoms with Crippen LogP contribution in [0.25, 0.3) is 0 Å². The fraction of sp³-hybridized carbons (Fsp3) is 0.125. The molecule has 1 heterocycles. The lowest BCUT2D eigenvalue weighted by Crippen LogP contribution is -2.27. The van der Waals surface area contributed by atoms with Gasteiger partial charge in [-0.05, 0) is 52.9 Å². The standard InChI is InChI=1S/C16H13FINO4/c1-22-15(20)11-5-3-4-8-19(14(11)16(21)23-2)10-6-7-12(17)13(18)9-10/h3-9H,1-2H3. The van der Waals surface area contributed by atoms with Gasteiger partial charge in [0.05, 0.1) is 23.4 Å². The monoisotopic (exact) mass is 429 g/mol. The van der Waals surface area contributed by atoms with Crippen LogP contribution < -0.4 is 4.90 Å². The van der Waals surface area contributed by atoms with Crippen molar-refractivity contribution in [1.29, 1.82) is 0 Å². The zero-order chi connectivity index (χ0) is 17.0. The summed E-state index contributed by atoms with van der Waals surface area (Å²) < 4.78 is 23.4. The van der Waals surface area contributed by atoms with Crippen molar-refractivity contribution in [3.8, 4) is 0 Å². The Morgan fingerprint density at radius 3 is 2.43 bits per heavy atom. The first-order valence-corrected chi connectivity index (χ1v) is 7.57. The Hall–Kier alpha value is -2.16. The molecule has 120 valence electrons. The minimum Gasteiger partial charge on any atom is -0.465 e. The number of carbonyl (C=O) groups is 2. The number of esters is 2. The molecule has 0 aromatic heterocycles. The van der Waals surface area contributed by atoms with Crippen LogP contribution >= 0.6 is 22.6 Å². The molecule has 1 aromatic rings. The number of rotatable bonds is 3. The van der Waals surface area contributed by atoms with Crippen LogP contribution in [0.1, 0.15) is 0 Å². The van der Waals surface area contributed by atoms with E-state index in [1.165, 1.54) is 37.3 Å². The van der Waals surface area contributed by atoms with Crippen LogP contribution in [0.15, 0.2) is 53.9 Å². The summed E-state index contributed by atoms with van der Waals surface area (Å²) in [4.78, 5) is 25.7. The smallest absolute Gasteiger partial charge is 0.355 e. The molecule has 0 radical (unpaired) electrons. The van der Waals surface area contributed by atoms with E-state index < -0.39 is 11.9 Å². The lowest BCUT2D eigenvalue weighted by Gasteiger charge is -2.23. The third-order valence-corrected chi connectivity index (χ3v) is 3.90. The van der Waals surface area contributed by atoms with Crippen molar-refractivity contribution in [2.75, 3.05) is 19.1 Å². The van der Waals surface area contributed by atoms with E-state index in [4.69, 9.17) is 9.47 Å². The van der Waals surface area contributed by atoms with Gasteiger partial charge in [0.2, 0.25) is 0 Å². The first-order chi connectivity index (χ1) is 11.0. The summed E-state index contributed by atoms with van der Waals surface area (Å²) in [5, 5.41) is 0. The molecule has 0 unspecified atom stereocenters. The van der Waals surface area contributed by atoms with Crippen molar-refractivity contribution >= 4 is 40.2 Å². The molecule has 0 bridgehead atoms. The highest BCUT2D eigenvalue weighted by Gasteiger charge is 2.27. The molecule has 1 aliphatic rings. The van der Waals surface area contributed by atoms with E-state index in [2.05, 4.69) is 0 Å². The van der Waals surface area contributed by atoms with Crippen LogP contribution in [0.4, 0.5) is 10.1 Å². The number of ether oxygens (including phenoxy) is 2. The first kappa shape index (κ1) is 17.2. The van der Waals surface area contributed by atoms with Gasteiger partial charge in [-0.25, -0.2) is 14.0 Å². The average molecular weight is 429 g/mol. The van der Waals surface area contributed by atoms with Gasteiger partial charge in [-0.2, -0.15) is 0 Å². The Morgan fingerprint density at radius 2 is 1.83 bits per heavy atom. The Kier molecular flexibility index (Phi) is 5.54. The van der Waals surface area contributed by atoms with Crippen molar-refractivity contribution in [2.24, 2.45) is 0 Å². The van der Waals surface area contributed by atoms with E-state index in [1.54, 1.807) is 24.4 Å². The van der Waals surface area contributed by atoms with Crippen LogP contribution in [0.3, 0.4) is 0 Å². The number of benzene rings is 1. The predicted molar refractivity (Wildman–Crippen MR) is 90.9 cm³/mol. The van der Waals surface area contributed by atoms with Gasteiger partial charge in [-0.1, -0.05) is 6.08 Å². The Labute approximate surface area is 146 Å². The van der Waals surface area contributed by atoms with E-state index in [0.717, 1.165) is 0 Å². The maximum absolute atomic E-state index is 13.5. The van der Waals surface area contributed by atoms with Gasteiger partial charge in [0.25, 0.3) is 0 Å². The molecule has 2 rings (SSSR count). The maximum atomic E-state index is 13.5. The second-order valence-electron chi connectivity index (χ2n) is 4.41. The van der Waals surface area contributed by atoms with Crippen LogP contribution in [0.2, 0.25) is 0 Å². The largest absolute Gasteiger partial charge is 0.465 e. The average Bonchev–Trinajstić information content (AvgIpc) is 2.78. The third kappa shape index (κ3) is 3.61. The van der Waals surface area contributed by atoms with E-state index in [-0.39, 0.29) is 17.1 Å². The molecule has 1 aliphatic heterocycles. The molecule has 0 amide bonds. The zero-order valence-electron chi connectivity index (χ0n) is 12.4. The fourth-order valence-corrected chi connectivity index (χ4v) is 2.50. The number of hydrogen-bond acceptors (Lipinski definition) is 5. The zero-order valence-corrected chi connectivity index (χ0v) is 14.5. The lowest BCUT2D eigenvalue weighted by molar-refractivity contribution is -0.139. The molecule has 7 heteroatoms. The van der Waals surface area contributed by atoms with Crippen molar-refractivity contribution in [2.45, 2.75) is 0 Å². The number of hydrogen-bond donors (Lipinski definition) is 0. The highest BCUT2D eigenvalue weighted by Crippen LogP contribution is 2.28. The van der Waals surface area contributed by atoms with Crippen molar-refractivity contribution in [3.63, 3.8) is 0 Å². The summed E-state index contributed by atoms with van der Waals surface area (Å²) in [6.45, 7) is 0. The van der Waals surface area contributed by atoms with Gasteiger partial charge < -0.3 is 14.4 Å². The highest BCUT2D eigenvalue weighted by molar-refractivity contribution is 14.1. The molecule has 5 nitrogen and oxygen atoms in total. The van der Waals surface area contributed by atoms with E-state index >= 15 is 0 Å². The molecule has 0 saturated carbocycles. The van der Waals surface area contributed by atoms with Crippen LogP contribution in [0.5, 0.6) is 0 Å². The quantitative estimate of drug-likeness (QED) is 0.547. The molecule has 0 fully saturated rings. The number of halogens is 2. The Morgan fingerprint density at radius 1 is 1.13 bits per heavy atom. The van der Waals surface area contributed by atoms with Crippen molar-refractivity contribution in [3.05, 3.63) is 63.3 Å². The summed E-state index contributed by atoms with van der Waals surface area (Å²) >= 11 is 1.85. The van der Waals surface area contributed by atoms with Gasteiger partial charge in [0.15, 0.2) is 0 Å². The summed E-state index contributed by atoms with van der Waals surface area (Å²) in [6.07, 6.45) is 6.30. The molecule has 0 atom stereocenters. The minimum absolute atomic E-state index is 0.00763. The number of carbonyl (C=O) groups excluding carboxylic acids is 2. The van der Waals surface area contributed by atoms with E-state index in [9.17, 15) is 14.0 Å². The van der Waals surface area contributed by atoms with E-state index in [0.29, 0.717) is 9.26 Å². The van der Waals surface area contributed by atoms with Crippen molar-refractivity contribution in [1.82, 2.24) is 0 Å². The molecular weight excluding hydrogens is 416 g/mol. The summed E-state index contributed by atoms with van der Waals surface area (Å²) in [6, 6.07) is 4.35. The van der Waals surface area contributed by atoms with Crippen molar-refractivity contribution < 1.29 is 23.5 Å². The number of allylic oxidation sites excluding steroid dienone is 2. The number of methoxy groups -OCH3 is 2. The summed E-state index contributed by atoms with van der Waals surface area (Å²) in [5.41, 5.74) is 0.549. The molecule has 0 spiro atoms. The van der Waals surface area contributed by atoms with Crippen LogP contribution in [-0.4, -0.2) is 26.2 Å². The second-order valence-corrected chi connectivity index (χ2v) is 5.58. The predicted octanol–water partition coefficient (Wildman–Crippen LogP) is 2.92. The Bertz CT molecular complexity index is 740. The highest BCUT2D eigenvalue weighted by atomic mass is 127. The molecular formula is C16H13FINO4. The SMILES string of the molecule is COC(=O)C1=C(C(=O)OC)N(c2ccc(F)c(I)c2)C=CC=C1. The number of nitrogens with zero attached hydrogens (tertiary/aromatic N) is 1. The topological polar surface area (TPSA) is 55.8 Å².